The van der Waals surface area contributed by atoms with E-state index in [0.717, 1.165) is 25.0 Å². The summed E-state index contributed by atoms with van der Waals surface area (Å²) in [6.45, 7) is 12.1. The van der Waals surface area contributed by atoms with Crippen LogP contribution < -0.4 is 10.6 Å². The Bertz CT molecular complexity index is 253. The molecule has 4 nitrogen and oxygen atoms in total. The lowest BCUT2D eigenvalue weighted by Gasteiger charge is -2.21. The van der Waals surface area contributed by atoms with Gasteiger partial charge in [-0.2, -0.15) is 0 Å². The summed E-state index contributed by atoms with van der Waals surface area (Å²) in [6, 6.07) is 0.636. The molecule has 0 bridgehead atoms. The van der Waals surface area contributed by atoms with Gasteiger partial charge in [0.2, 0.25) is 0 Å². The number of hydrogen-bond acceptors (Lipinski definition) is 2. The van der Waals surface area contributed by atoms with Gasteiger partial charge in [-0.25, -0.2) is 0 Å². The average Bonchev–Trinajstić information content (AvgIpc) is 2.45. The van der Waals surface area contributed by atoms with Crippen LogP contribution in [0.15, 0.2) is 4.99 Å². The molecule has 0 spiro atoms. The fourth-order valence-corrected chi connectivity index (χ4v) is 1.99. The van der Waals surface area contributed by atoms with E-state index in [0.29, 0.717) is 6.04 Å². The van der Waals surface area contributed by atoms with E-state index in [1.54, 1.807) is 0 Å². The van der Waals surface area contributed by atoms with Crippen LogP contribution in [0.2, 0.25) is 0 Å². The second kappa shape index (κ2) is 14.9. The van der Waals surface area contributed by atoms with Gasteiger partial charge in [0.25, 0.3) is 0 Å². The zero-order chi connectivity index (χ0) is 15.4. The molecule has 128 valence electrons. The van der Waals surface area contributed by atoms with Crippen LogP contribution in [0.1, 0.15) is 53.4 Å². The molecule has 0 aromatic rings. The van der Waals surface area contributed by atoms with Gasteiger partial charge in [-0.05, 0) is 46.2 Å². The van der Waals surface area contributed by atoms with Crippen molar-refractivity contribution in [2.45, 2.75) is 59.4 Å². The monoisotopic (exact) mass is 412 g/mol. The molecular formula is C16H37IN4. The Morgan fingerprint density at radius 1 is 1.10 bits per heavy atom. The summed E-state index contributed by atoms with van der Waals surface area (Å²) in [6.07, 6.45) is 4.86. The van der Waals surface area contributed by atoms with Crippen LogP contribution in [0.4, 0.5) is 0 Å². The molecule has 0 aromatic heterocycles. The third kappa shape index (κ3) is 12.2. The third-order valence-electron chi connectivity index (χ3n) is 4.05. The fourth-order valence-electron chi connectivity index (χ4n) is 1.99. The van der Waals surface area contributed by atoms with Crippen LogP contribution in [0.25, 0.3) is 0 Å². The Balaban J connectivity index is 0. The molecule has 0 aliphatic heterocycles. The maximum Gasteiger partial charge on any atom is 0.190 e. The van der Waals surface area contributed by atoms with Crippen molar-refractivity contribution < 1.29 is 0 Å². The lowest BCUT2D eigenvalue weighted by molar-refractivity contribution is 0.268. The second-order valence-corrected chi connectivity index (χ2v) is 5.84. The van der Waals surface area contributed by atoms with Gasteiger partial charge in [0.15, 0.2) is 5.96 Å². The summed E-state index contributed by atoms with van der Waals surface area (Å²) < 4.78 is 0. The largest absolute Gasteiger partial charge is 0.356 e. The maximum atomic E-state index is 4.27. The fraction of sp³-hybridized carbons (Fsp3) is 0.938. The summed E-state index contributed by atoms with van der Waals surface area (Å²) >= 11 is 0. The number of halogens is 1. The number of rotatable bonds is 10. The maximum absolute atomic E-state index is 4.27. The molecule has 0 fully saturated rings. The minimum absolute atomic E-state index is 0. The number of hydrogen-bond donors (Lipinski definition) is 2. The molecule has 2 N–H and O–H groups in total. The van der Waals surface area contributed by atoms with Gasteiger partial charge in [0.1, 0.15) is 0 Å². The molecule has 0 radical (unpaired) electrons. The molecule has 0 atom stereocenters. The first-order chi connectivity index (χ1) is 9.54. The van der Waals surface area contributed by atoms with Gasteiger partial charge in [-0.15, -0.1) is 24.0 Å². The molecular weight excluding hydrogens is 375 g/mol. The van der Waals surface area contributed by atoms with Crippen LogP contribution in [-0.4, -0.2) is 50.6 Å². The summed E-state index contributed by atoms with van der Waals surface area (Å²) in [5.74, 6) is 1.68. The van der Waals surface area contributed by atoms with Crippen LogP contribution in [0, 0.1) is 5.92 Å². The molecule has 0 aromatic carbocycles. The van der Waals surface area contributed by atoms with E-state index in [1.807, 2.05) is 7.05 Å². The number of nitrogens with one attached hydrogen (secondary N) is 2. The van der Waals surface area contributed by atoms with E-state index in [9.17, 15) is 0 Å². The Kier molecular flexibility index (Phi) is 16.5. The van der Waals surface area contributed by atoms with Gasteiger partial charge in [0.05, 0.1) is 0 Å². The highest BCUT2D eigenvalue weighted by molar-refractivity contribution is 14.0. The van der Waals surface area contributed by atoms with Crippen molar-refractivity contribution in [3.05, 3.63) is 0 Å². The van der Waals surface area contributed by atoms with Crippen molar-refractivity contribution in [3.8, 4) is 0 Å². The standard InChI is InChI=1S/C16H36N4.HI/c1-7-15(8-2)13-19-16(17-5)18-11-9-10-12-20(6)14(3)4;/h14-15H,7-13H2,1-6H3,(H2,17,18,19);1H. The summed E-state index contributed by atoms with van der Waals surface area (Å²) in [5, 5.41) is 6.81. The quantitative estimate of drug-likeness (QED) is 0.250. The zero-order valence-electron chi connectivity index (χ0n) is 14.9. The predicted molar refractivity (Wildman–Crippen MR) is 106 cm³/mol. The van der Waals surface area contributed by atoms with Crippen molar-refractivity contribution in [3.63, 3.8) is 0 Å². The summed E-state index contributed by atoms with van der Waals surface area (Å²) in [5.41, 5.74) is 0. The Hall–Kier alpha value is -0.0400. The van der Waals surface area contributed by atoms with Gasteiger partial charge < -0.3 is 15.5 Å². The molecule has 0 saturated carbocycles. The first-order valence-corrected chi connectivity index (χ1v) is 8.19. The first kappa shape index (κ1) is 23.2. The SMILES string of the molecule is CCC(CC)CNC(=NC)NCCCCN(C)C(C)C.I. The molecule has 0 heterocycles. The number of guanidine groups is 1. The van der Waals surface area contributed by atoms with Gasteiger partial charge in [0, 0.05) is 26.2 Å². The lowest BCUT2D eigenvalue weighted by Crippen LogP contribution is -2.40. The van der Waals surface area contributed by atoms with Crippen molar-refractivity contribution >= 4 is 29.9 Å². The Morgan fingerprint density at radius 3 is 2.19 bits per heavy atom. The van der Waals surface area contributed by atoms with Crippen molar-refractivity contribution in [2.75, 3.05) is 33.7 Å². The number of aliphatic imine (C=N–C) groups is 1. The van der Waals surface area contributed by atoms with E-state index in [2.05, 4.69) is 55.3 Å². The van der Waals surface area contributed by atoms with Crippen LogP contribution in [-0.2, 0) is 0 Å². The van der Waals surface area contributed by atoms with Gasteiger partial charge >= 0.3 is 0 Å². The van der Waals surface area contributed by atoms with Crippen LogP contribution in [0.3, 0.4) is 0 Å². The molecule has 0 rings (SSSR count). The van der Waals surface area contributed by atoms with Crippen molar-refractivity contribution in [1.82, 2.24) is 15.5 Å². The lowest BCUT2D eigenvalue weighted by atomic mass is 10.0. The first-order valence-electron chi connectivity index (χ1n) is 8.19. The molecule has 0 unspecified atom stereocenters. The smallest absolute Gasteiger partial charge is 0.190 e. The molecule has 0 aliphatic rings. The van der Waals surface area contributed by atoms with Crippen LogP contribution in [0.5, 0.6) is 0 Å². The van der Waals surface area contributed by atoms with Gasteiger partial charge in [-0.1, -0.05) is 26.7 Å². The summed E-state index contributed by atoms with van der Waals surface area (Å²) in [7, 11) is 4.03. The van der Waals surface area contributed by atoms with E-state index in [-0.39, 0.29) is 24.0 Å². The van der Waals surface area contributed by atoms with E-state index in [1.165, 1.54) is 32.2 Å². The molecule has 0 aliphatic carbocycles. The van der Waals surface area contributed by atoms with Crippen LogP contribution >= 0.6 is 24.0 Å². The highest BCUT2D eigenvalue weighted by Gasteiger charge is 2.05. The highest BCUT2D eigenvalue weighted by atomic mass is 127. The molecule has 21 heavy (non-hydrogen) atoms. The normalized spacial score (nSPS) is 12.0. The third-order valence-corrected chi connectivity index (χ3v) is 4.05. The van der Waals surface area contributed by atoms with Crippen molar-refractivity contribution in [2.24, 2.45) is 10.9 Å². The molecule has 0 saturated heterocycles. The zero-order valence-corrected chi connectivity index (χ0v) is 17.2. The van der Waals surface area contributed by atoms with Gasteiger partial charge in [-0.3, -0.25) is 4.99 Å². The second-order valence-electron chi connectivity index (χ2n) is 5.84. The minimum Gasteiger partial charge on any atom is -0.356 e. The molecule has 5 heteroatoms. The minimum atomic E-state index is 0. The molecule has 0 amide bonds. The number of unbranched alkanes of at least 4 members (excludes halogenated alkanes) is 1. The van der Waals surface area contributed by atoms with Crippen molar-refractivity contribution in [1.29, 1.82) is 0 Å². The average molecular weight is 412 g/mol. The Morgan fingerprint density at radius 2 is 1.71 bits per heavy atom. The number of nitrogens with zero attached hydrogens (tertiary/aromatic N) is 2. The Labute approximate surface area is 149 Å². The highest BCUT2D eigenvalue weighted by Crippen LogP contribution is 2.04. The summed E-state index contributed by atoms with van der Waals surface area (Å²) in [4.78, 5) is 6.66. The van der Waals surface area contributed by atoms with E-state index >= 15 is 0 Å². The topological polar surface area (TPSA) is 39.7 Å². The van der Waals surface area contributed by atoms with E-state index in [4.69, 9.17) is 0 Å². The van der Waals surface area contributed by atoms with E-state index < -0.39 is 0 Å². The predicted octanol–water partition coefficient (Wildman–Crippen LogP) is 3.33.